The maximum Gasteiger partial charge on any atom is 0.0411 e. The van der Waals surface area contributed by atoms with Crippen molar-refractivity contribution < 1.29 is 0 Å². The van der Waals surface area contributed by atoms with Crippen LogP contribution in [0.15, 0.2) is 16.6 Å². The van der Waals surface area contributed by atoms with Gasteiger partial charge in [-0.3, -0.25) is 0 Å². The zero-order chi connectivity index (χ0) is 13.8. The molecule has 106 valence electrons. The average Bonchev–Trinajstić information content (AvgIpc) is 2.43. The SMILES string of the molecule is Cc1cc(NC(CN)C2CCCCC2)cc(C)c1Br. The molecule has 2 rings (SSSR count). The van der Waals surface area contributed by atoms with Crippen molar-refractivity contribution in [3.63, 3.8) is 0 Å². The van der Waals surface area contributed by atoms with Gasteiger partial charge >= 0.3 is 0 Å². The Morgan fingerprint density at radius 2 is 1.79 bits per heavy atom. The zero-order valence-electron chi connectivity index (χ0n) is 12.0. The lowest BCUT2D eigenvalue weighted by Gasteiger charge is -2.31. The third kappa shape index (κ3) is 3.73. The van der Waals surface area contributed by atoms with Crippen LogP contribution in [0.3, 0.4) is 0 Å². The maximum atomic E-state index is 5.99. The normalized spacial score (nSPS) is 18.3. The van der Waals surface area contributed by atoms with E-state index in [1.165, 1.54) is 53.4 Å². The van der Waals surface area contributed by atoms with Crippen molar-refractivity contribution in [1.82, 2.24) is 0 Å². The highest BCUT2D eigenvalue weighted by Crippen LogP contribution is 2.30. The average molecular weight is 325 g/mol. The number of aryl methyl sites for hydroxylation is 2. The van der Waals surface area contributed by atoms with Gasteiger partial charge < -0.3 is 11.1 Å². The number of nitrogens with one attached hydrogen (secondary N) is 1. The highest BCUT2D eigenvalue weighted by molar-refractivity contribution is 9.10. The summed E-state index contributed by atoms with van der Waals surface area (Å²) in [6.45, 7) is 5.00. The smallest absolute Gasteiger partial charge is 0.0411 e. The molecule has 0 spiro atoms. The Hall–Kier alpha value is -0.540. The topological polar surface area (TPSA) is 38.0 Å². The van der Waals surface area contributed by atoms with Gasteiger partial charge in [0, 0.05) is 22.7 Å². The molecule has 0 heterocycles. The summed E-state index contributed by atoms with van der Waals surface area (Å²) in [5, 5.41) is 3.66. The van der Waals surface area contributed by atoms with Crippen molar-refractivity contribution in [2.75, 3.05) is 11.9 Å². The summed E-state index contributed by atoms with van der Waals surface area (Å²) in [4.78, 5) is 0. The van der Waals surface area contributed by atoms with Crippen molar-refractivity contribution in [1.29, 1.82) is 0 Å². The van der Waals surface area contributed by atoms with Crippen molar-refractivity contribution >= 4 is 21.6 Å². The van der Waals surface area contributed by atoms with Crippen LogP contribution in [-0.4, -0.2) is 12.6 Å². The molecule has 0 aliphatic heterocycles. The van der Waals surface area contributed by atoms with Crippen molar-refractivity contribution in [2.45, 2.75) is 52.0 Å². The highest BCUT2D eigenvalue weighted by Gasteiger charge is 2.22. The van der Waals surface area contributed by atoms with Gasteiger partial charge in [-0.05, 0) is 55.9 Å². The Kier molecular flexibility index (Phi) is 5.28. The van der Waals surface area contributed by atoms with E-state index in [1.54, 1.807) is 0 Å². The van der Waals surface area contributed by atoms with Crippen molar-refractivity contribution in [2.24, 2.45) is 11.7 Å². The molecule has 0 aromatic heterocycles. The molecule has 1 aromatic carbocycles. The molecule has 1 fully saturated rings. The van der Waals surface area contributed by atoms with E-state index in [9.17, 15) is 0 Å². The van der Waals surface area contributed by atoms with Gasteiger partial charge in [0.15, 0.2) is 0 Å². The number of nitrogens with two attached hydrogens (primary N) is 1. The molecule has 1 atom stereocenters. The molecular formula is C16H25BrN2. The quantitative estimate of drug-likeness (QED) is 0.862. The van der Waals surface area contributed by atoms with Crippen LogP contribution in [-0.2, 0) is 0 Å². The first kappa shape index (κ1) is 14.9. The van der Waals surface area contributed by atoms with Crippen LogP contribution in [0.5, 0.6) is 0 Å². The van der Waals surface area contributed by atoms with Crippen LogP contribution >= 0.6 is 15.9 Å². The summed E-state index contributed by atoms with van der Waals surface area (Å²) < 4.78 is 1.21. The van der Waals surface area contributed by atoms with E-state index in [0.717, 1.165) is 12.5 Å². The summed E-state index contributed by atoms with van der Waals surface area (Å²) in [5.74, 6) is 0.739. The van der Waals surface area contributed by atoms with Gasteiger partial charge in [-0.15, -0.1) is 0 Å². The molecule has 3 N–H and O–H groups in total. The molecule has 2 nitrogen and oxygen atoms in total. The first-order chi connectivity index (χ1) is 9.11. The second-order valence-electron chi connectivity index (χ2n) is 5.81. The van der Waals surface area contributed by atoms with E-state index in [0.29, 0.717) is 6.04 Å². The summed E-state index contributed by atoms with van der Waals surface area (Å²) in [6.07, 6.45) is 6.76. The summed E-state index contributed by atoms with van der Waals surface area (Å²) >= 11 is 3.62. The van der Waals surface area contributed by atoms with E-state index >= 15 is 0 Å². The minimum atomic E-state index is 0.417. The van der Waals surface area contributed by atoms with Gasteiger partial charge in [-0.1, -0.05) is 35.2 Å². The Bertz CT molecular complexity index is 402. The van der Waals surface area contributed by atoms with Crippen LogP contribution in [0.25, 0.3) is 0 Å². The lowest BCUT2D eigenvalue weighted by Crippen LogP contribution is -2.37. The standard InChI is InChI=1S/C16H25BrN2/c1-11-8-14(9-12(2)16(11)17)19-15(10-18)13-6-4-3-5-7-13/h8-9,13,15,19H,3-7,10,18H2,1-2H3. The Labute approximate surface area is 125 Å². The van der Waals surface area contributed by atoms with Crippen LogP contribution in [0, 0.1) is 19.8 Å². The summed E-state index contributed by atoms with van der Waals surface area (Å²) in [5.41, 5.74) is 9.75. The number of rotatable bonds is 4. The predicted molar refractivity (Wildman–Crippen MR) is 86.7 cm³/mol. The number of halogens is 1. The number of hydrogen-bond acceptors (Lipinski definition) is 2. The molecule has 3 heteroatoms. The fourth-order valence-electron chi connectivity index (χ4n) is 3.15. The fourth-order valence-corrected chi connectivity index (χ4v) is 3.38. The molecule has 1 unspecified atom stereocenters. The largest absolute Gasteiger partial charge is 0.381 e. The minimum absolute atomic E-state index is 0.417. The summed E-state index contributed by atoms with van der Waals surface area (Å²) in [6, 6.07) is 4.84. The first-order valence-electron chi connectivity index (χ1n) is 7.35. The molecular weight excluding hydrogens is 300 g/mol. The Morgan fingerprint density at radius 3 is 2.32 bits per heavy atom. The monoisotopic (exact) mass is 324 g/mol. The zero-order valence-corrected chi connectivity index (χ0v) is 13.6. The van der Waals surface area contributed by atoms with Crippen LogP contribution < -0.4 is 11.1 Å². The molecule has 1 saturated carbocycles. The first-order valence-corrected chi connectivity index (χ1v) is 8.14. The molecule has 19 heavy (non-hydrogen) atoms. The second kappa shape index (κ2) is 6.76. The third-order valence-electron chi connectivity index (χ3n) is 4.26. The molecule has 0 bridgehead atoms. The van der Waals surface area contributed by atoms with Gasteiger partial charge in [-0.2, -0.15) is 0 Å². The van der Waals surface area contributed by atoms with E-state index in [2.05, 4.69) is 47.2 Å². The molecule has 0 amide bonds. The van der Waals surface area contributed by atoms with Gasteiger partial charge in [0.1, 0.15) is 0 Å². The molecule has 0 saturated heterocycles. The predicted octanol–water partition coefficient (Wildman–Crippen LogP) is 4.39. The van der Waals surface area contributed by atoms with Gasteiger partial charge in [0.25, 0.3) is 0 Å². The number of hydrogen-bond donors (Lipinski definition) is 2. The van der Waals surface area contributed by atoms with E-state index in [4.69, 9.17) is 5.73 Å². The Morgan fingerprint density at radius 1 is 1.21 bits per heavy atom. The summed E-state index contributed by atoms with van der Waals surface area (Å²) in [7, 11) is 0. The van der Waals surface area contributed by atoms with Gasteiger partial charge in [-0.25, -0.2) is 0 Å². The molecule has 1 aliphatic carbocycles. The highest BCUT2D eigenvalue weighted by atomic mass is 79.9. The lowest BCUT2D eigenvalue weighted by molar-refractivity contribution is 0.320. The number of benzene rings is 1. The van der Waals surface area contributed by atoms with E-state index < -0.39 is 0 Å². The fraction of sp³-hybridized carbons (Fsp3) is 0.625. The second-order valence-corrected chi connectivity index (χ2v) is 6.60. The van der Waals surface area contributed by atoms with Gasteiger partial charge in [0.2, 0.25) is 0 Å². The van der Waals surface area contributed by atoms with Crippen molar-refractivity contribution in [3.05, 3.63) is 27.7 Å². The van der Waals surface area contributed by atoms with E-state index in [-0.39, 0.29) is 0 Å². The maximum absolute atomic E-state index is 5.99. The van der Waals surface area contributed by atoms with E-state index in [1.807, 2.05) is 0 Å². The van der Waals surface area contributed by atoms with Crippen LogP contribution in [0.1, 0.15) is 43.2 Å². The van der Waals surface area contributed by atoms with Crippen LogP contribution in [0.4, 0.5) is 5.69 Å². The van der Waals surface area contributed by atoms with Gasteiger partial charge in [0.05, 0.1) is 0 Å². The third-order valence-corrected chi connectivity index (χ3v) is 5.51. The number of anilines is 1. The minimum Gasteiger partial charge on any atom is -0.381 e. The van der Waals surface area contributed by atoms with Crippen LogP contribution in [0.2, 0.25) is 0 Å². The Balaban J connectivity index is 2.09. The molecule has 0 radical (unpaired) electrons. The van der Waals surface area contributed by atoms with Crippen molar-refractivity contribution in [3.8, 4) is 0 Å². The lowest BCUT2D eigenvalue weighted by atomic mass is 9.84. The molecule has 1 aromatic rings. The molecule has 1 aliphatic rings.